The molecule has 2 aromatic carbocycles. The van der Waals surface area contributed by atoms with Crippen LogP contribution in [0.1, 0.15) is 44.2 Å². The van der Waals surface area contributed by atoms with Crippen LogP contribution in [-0.2, 0) is 32.0 Å². The first-order chi connectivity index (χ1) is 18.2. The maximum Gasteiger partial charge on any atom is 0.326 e. The summed E-state index contributed by atoms with van der Waals surface area (Å²) in [6, 6.07) is 14.8. The van der Waals surface area contributed by atoms with Crippen molar-refractivity contribution in [3.05, 3.63) is 71.8 Å². The zero-order valence-electron chi connectivity index (χ0n) is 22.0. The van der Waals surface area contributed by atoms with Gasteiger partial charge in [-0.05, 0) is 36.3 Å². The van der Waals surface area contributed by atoms with Gasteiger partial charge >= 0.3 is 5.97 Å². The van der Waals surface area contributed by atoms with Gasteiger partial charge in [-0.15, -0.1) is 0 Å². The second-order valence-electron chi connectivity index (χ2n) is 10.3. The molecular formula is C29H38N4O5. The minimum Gasteiger partial charge on any atom is -0.480 e. The molecule has 0 aliphatic carbocycles. The number of nitrogens with zero attached hydrogens (tertiary/aromatic N) is 1. The molecule has 3 rings (SSSR count). The summed E-state index contributed by atoms with van der Waals surface area (Å²) in [5.41, 5.74) is 7.73. The van der Waals surface area contributed by atoms with E-state index < -0.39 is 47.9 Å². The van der Waals surface area contributed by atoms with Crippen molar-refractivity contribution in [3.63, 3.8) is 0 Å². The lowest BCUT2D eigenvalue weighted by Crippen LogP contribution is -2.58. The Hall–Kier alpha value is -3.72. The molecule has 3 amide bonds. The van der Waals surface area contributed by atoms with Crippen LogP contribution in [0.5, 0.6) is 0 Å². The fourth-order valence-corrected chi connectivity index (χ4v) is 4.76. The van der Waals surface area contributed by atoms with E-state index in [2.05, 4.69) is 10.6 Å². The van der Waals surface area contributed by atoms with Gasteiger partial charge < -0.3 is 26.4 Å². The summed E-state index contributed by atoms with van der Waals surface area (Å²) in [6.07, 6.45) is 1.81. The number of benzene rings is 2. The first kappa shape index (κ1) is 28.8. The maximum atomic E-state index is 13.6. The van der Waals surface area contributed by atoms with Crippen LogP contribution < -0.4 is 16.4 Å². The predicted molar refractivity (Wildman–Crippen MR) is 144 cm³/mol. The van der Waals surface area contributed by atoms with E-state index in [0.29, 0.717) is 25.8 Å². The minimum atomic E-state index is -1.06. The number of carboxylic acid groups (broad SMARTS) is 1. The number of hydrogen-bond donors (Lipinski definition) is 4. The van der Waals surface area contributed by atoms with Crippen LogP contribution in [0.3, 0.4) is 0 Å². The van der Waals surface area contributed by atoms with E-state index in [9.17, 15) is 24.3 Å². The molecule has 0 radical (unpaired) electrons. The van der Waals surface area contributed by atoms with Crippen LogP contribution in [0.2, 0.25) is 0 Å². The van der Waals surface area contributed by atoms with Crippen molar-refractivity contribution in [1.82, 2.24) is 15.5 Å². The molecule has 1 heterocycles. The molecule has 1 aliphatic heterocycles. The zero-order chi connectivity index (χ0) is 27.7. The molecule has 0 bridgehead atoms. The number of aliphatic carboxylic acids is 1. The van der Waals surface area contributed by atoms with E-state index in [-0.39, 0.29) is 18.8 Å². The summed E-state index contributed by atoms with van der Waals surface area (Å²) in [4.78, 5) is 53.1. The molecule has 0 spiro atoms. The number of nitrogens with two attached hydrogens (primary N) is 1. The first-order valence-corrected chi connectivity index (χ1v) is 13.1. The van der Waals surface area contributed by atoms with Gasteiger partial charge in [-0.1, -0.05) is 74.5 Å². The molecule has 9 heteroatoms. The fraction of sp³-hybridized carbons (Fsp3) is 0.448. The van der Waals surface area contributed by atoms with Gasteiger partial charge in [-0.3, -0.25) is 14.4 Å². The number of rotatable bonds is 12. The van der Waals surface area contributed by atoms with Gasteiger partial charge in [0.05, 0.1) is 6.04 Å². The Kier molecular flexibility index (Phi) is 10.4. The van der Waals surface area contributed by atoms with Gasteiger partial charge in [0.1, 0.15) is 18.1 Å². The molecule has 5 N–H and O–H groups in total. The van der Waals surface area contributed by atoms with Gasteiger partial charge in [0.2, 0.25) is 17.7 Å². The van der Waals surface area contributed by atoms with Gasteiger partial charge in [-0.2, -0.15) is 0 Å². The Morgan fingerprint density at radius 3 is 1.95 bits per heavy atom. The van der Waals surface area contributed by atoms with Crippen LogP contribution in [0.25, 0.3) is 0 Å². The molecular weight excluding hydrogens is 484 g/mol. The third-order valence-corrected chi connectivity index (χ3v) is 6.70. The van der Waals surface area contributed by atoms with E-state index in [0.717, 1.165) is 11.1 Å². The lowest BCUT2D eigenvalue weighted by Gasteiger charge is -2.29. The summed E-state index contributed by atoms with van der Waals surface area (Å²) in [7, 11) is 0. The minimum absolute atomic E-state index is 0.188. The number of carbonyl (C=O) groups is 4. The maximum absolute atomic E-state index is 13.6. The Morgan fingerprint density at radius 1 is 0.895 bits per heavy atom. The van der Waals surface area contributed by atoms with Crippen molar-refractivity contribution < 1.29 is 24.3 Å². The highest BCUT2D eigenvalue weighted by Crippen LogP contribution is 2.20. The van der Waals surface area contributed by atoms with Crippen LogP contribution in [0, 0.1) is 5.92 Å². The van der Waals surface area contributed by atoms with E-state index >= 15 is 0 Å². The van der Waals surface area contributed by atoms with Gasteiger partial charge in [0, 0.05) is 19.4 Å². The summed E-state index contributed by atoms with van der Waals surface area (Å²) >= 11 is 0. The molecule has 0 saturated carbocycles. The van der Waals surface area contributed by atoms with E-state index in [1.54, 1.807) is 0 Å². The van der Waals surface area contributed by atoms with Crippen molar-refractivity contribution >= 4 is 23.7 Å². The Balaban J connectivity index is 1.84. The molecule has 204 valence electrons. The second-order valence-corrected chi connectivity index (χ2v) is 10.3. The van der Waals surface area contributed by atoms with Crippen LogP contribution in [-0.4, -0.2) is 64.4 Å². The summed E-state index contributed by atoms with van der Waals surface area (Å²) in [6.45, 7) is 4.23. The standard InChI is InChI=1S/C29H38N4O5/c1-19(2)16-22(30)26(34)31-23(17-20-10-5-3-6-11-20)27(35)32-24(18-21-12-7-4-8-13-21)28(36)33-15-9-14-25(33)29(37)38/h3-8,10-13,19,22-25H,9,14-18,30H2,1-2H3,(H,31,34)(H,32,35)(H,37,38). The molecule has 0 aromatic heterocycles. The molecule has 9 nitrogen and oxygen atoms in total. The summed E-state index contributed by atoms with van der Waals surface area (Å²) in [5.74, 6) is -2.28. The number of amides is 3. The normalized spacial score (nSPS) is 17.5. The smallest absolute Gasteiger partial charge is 0.326 e. The molecule has 2 aromatic rings. The van der Waals surface area contributed by atoms with E-state index in [1.165, 1.54) is 4.90 Å². The van der Waals surface area contributed by atoms with Gasteiger partial charge in [0.15, 0.2) is 0 Å². The van der Waals surface area contributed by atoms with Crippen molar-refractivity contribution in [1.29, 1.82) is 0 Å². The zero-order valence-corrected chi connectivity index (χ0v) is 22.0. The van der Waals surface area contributed by atoms with Crippen LogP contribution in [0.15, 0.2) is 60.7 Å². The molecule has 1 saturated heterocycles. The SMILES string of the molecule is CC(C)CC(N)C(=O)NC(Cc1ccccc1)C(=O)NC(Cc1ccccc1)C(=O)N1CCCC1C(=O)O. The van der Waals surface area contributed by atoms with Crippen LogP contribution >= 0.6 is 0 Å². The number of carbonyl (C=O) groups excluding carboxylic acids is 3. The average molecular weight is 523 g/mol. The lowest BCUT2D eigenvalue weighted by molar-refractivity contribution is -0.149. The van der Waals surface area contributed by atoms with E-state index in [4.69, 9.17) is 5.73 Å². The molecule has 1 fully saturated rings. The Labute approximate surface area is 223 Å². The van der Waals surface area contributed by atoms with Gasteiger partial charge in [0.25, 0.3) is 0 Å². The largest absolute Gasteiger partial charge is 0.480 e. The third-order valence-electron chi connectivity index (χ3n) is 6.70. The quantitative estimate of drug-likeness (QED) is 0.335. The van der Waals surface area contributed by atoms with Crippen molar-refractivity contribution in [2.24, 2.45) is 11.7 Å². The number of carboxylic acids is 1. The highest BCUT2D eigenvalue weighted by atomic mass is 16.4. The Bertz CT molecular complexity index is 1090. The number of nitrogens with one attached hydrogen (secondary N) is 2. The number of hydrogen-bond acceptors (Lipinski definition) is 5. The fourth-order valence-electron chi connectivity index (χ4n) is 4.76. The van der Waals surface area contributed by atoms with Crippen molar-refractivity contribution in [2.45, 2.75) is 70.1 Å². The predicted octanol–water partition coefficient (Wildman–Crippen LogP) is 1.89. The molecule has 4 atom stereocenters. The topological polar surface area (TPSA) is 142 Å². The van der Waals surface area contributed by atoms with Crippen molar-refractivity contribution in [2.75, 3.05) is 6.54 Å². The third kappa shape index (κ3) is 8.14. The highest BCUT2D eigenvalue weighted by molar-refractivity contribution is 5.94. The molecule has 1 aliphatic rings. The molecule has 4 unspecified atom stereocenters. The Morgan fingerprint density at radius 2 is 1.42 bits per heavy atom. The average Bonchev–Trinajstić information content (AvgIpc) is 3.39. The second kappa shape index (κ2) is 13.7. The summed E-state index contributed by atoms with van der Waals surface area (Å²) in [5, 5.41) is 15.2. The van der Waals surface area contributed by atoms with E-state index in [1.807, 2.05) is 74.5 Å². The summed E-state index contributed by atoms with van der Waals surface area (Å²) < 4.78 is 0. The van der Waals surface area contributed by atoms with Crippen molar-refractivity contribution in [3.8, 4) is 0 Å². The van der Waals surface area contributed by atoms with Crippen LogP contribution in [0.4, 0.5) is 0 Å². The first-order valence-electron chi connectivity index (χ1n) is 13.1. The van der Waals surface area contributed by atoms with Gasteiger partial charge in [-0.25, -0.2) is 4.79 Å². The number of likely N-dealkylation sites (tertiary alicyclic amines) is 1. The highest BCUT2D eigenvalue weighted by Gasteiger charge is 2.38. The molecule has 38 heavy (non-hydrogen) atoms. The monoisotopic (exact) mass is 522 g/mol. The lowest BCUT2D eigenvalue weighted by atomic mass is 10.0.